The van der Waals surface area contributed by atoms with Gasteiger partial charge in [0.25, 0.3) is 10.0 Å². The molecule has 7 nitrogen and oxygen atoms in total. The van der Waals surface area contributed by atoms with Gasteiger partial charge >= 0.3 is 0 Å². The highest BCUT2D eigenvalue weighted by molar-refractivity contribution is 7.92. The zero-order valence-electron chi connectivity index (χ0n) is 22.8. The van der Waals surface area contributed by atoms with E-state index in [-0.39, 0.29) is 23.4 Å². The zero-order valence-corrected chi connectivity index (χ0v) is 23.7. The number of hydrogen-bond donors (Lipinski definition) is 1. The Labute approximate surface area is 231 Å². The van der Waals surface area contributed by atoms with E-state index in [0.717, 1.165) is 46.7 Å². The summed E-state index contributed by atoms with van der Waals surface area (Å²) in [6.45, 7) is 5.24. The third-order valence-electron chi connectivity index (χ3n) is 7.47. The number of nitrogens with zero attached hydrogens (tertiary/aromatic N) is 2. The molecule has 0 aliphatic heterocycles. The van der Waals surface area contributed by atoms with E-state index in [0.29, 0.717) is 5.69 Å². The van der Waals surface area contributed by atoms with Crippen molar-refractivity contribution in [2.45, 2.75) is 70.0 Å². The fourth-order valence-electron chi connectivity index (χ4n) is 5.02. The number of amides is 2. The van der Waals surface area contributed by atoms with Gasteiger partial charge in [0.2, 0.25) is 11.8 Å². The molecule has 1 fully saturated rings. The number of hydrogen-bond acceptors (Lipinski definition) is 4. The molecular weight excluding hydrogens is 510 g/mol. The Morgan fingerprint density at radius 1 is 0.872 bits per heavy atom. The highest BCUT2D eigenvalue weighted by atomic mass is 32.2. The maximum atomic E-state index is 14.1. The van der Waals surface area contributed by atoms with Crippen LogP contribution in [0.2, 0.25) is 0 Å². The first kappa shape index (κ1) is 28.4. The van der Waals surface area contributed by atoms with Crippen molar-refractivity contribution in [3.8, 4) is 0 Å². The van der Waals surface area contributed by atoms with Gasteiger partial charge in [-0.05, 0) is 68.5 Å². The van der Waals surface area contributed by atoms with E-state index in [2.05, 4.69) is 5.32 Å². The van der Waals surface area contributed by atoms with Gasteiger partial charge in [-0.1, -0.05) is 73.5 Å². The van der Waals surface area contributed by atoms with E-state index in [4.69, 9.17) is 0 Å². The van der Waals surface area contributed by atoms with Gasteiger partial charge in [-0.25, -0.2) is 8.42 Å². The number of anilines is 1. The third-order valence-corrected chi connectivity index (χ3v) is 9.24. The summed E-state index contributed by atoms with van der Waals surface area (Å²) >= 11 is 0. The molecule has 0 radical (unpaired) electrons. The number of para-hydroxylation sites is 1. The maximum absolute atomic E-state index is 14.1. The molecule has 8 heteroatoms. The minimum absolute atomic E-state index is 0.0959. The summed E-state index contributed by atoms with van der Waals surface area (Å²) in [5, 5.41) is 3.10. The van der Waals surface area contributed by atoms with Crippen molar-refractivity contribution in [3.05, 3.63) is 95.6 Å². The molecule has 1 saturated carbocycles. The van der Waals surface area contributed by atoms with Crippen LogP contribution in [0.5, 0.6) is 0 Å². The lowest BCUT2D eigenvalue weighted by atomic mass is 10.1. The third kappa shape index (κ3) is 6.68. The second-order valence-corrected chi connectivity index (χ2v) is 12.1. The first-order valence-electron chi connectivity index (χ1n) is 13.5. The first-order valence-corrected chi connectivity index (χ1v) is 14.9. The van der Waals surface area contributed by atoms with Crippen LogP contribution in [0.1, 0.15) is 49.3 Å². The molecule has 0 spiro atoms. The van der Waals surface area contributed by atoms with Crippen molar-refractivity contribution in [3.63, 3.8) is 0 Å². The predicted octanol–water partition coefficient (Wildman–Crippen LogP) is 4.97. The average Bonchev–Trinajstić information content (AvgIpc) is 3.45. The number of rotatable bonds is 10. The molecule has 206 valence electrons. The van der Waals surface area contributed by atoms with Crippen molar-refractivity contribution >= 4 is 27.5 Å². The van der Waals surface area contributed by atoms with Gasteiger partial charge in [-0.3, -0.25) is 13.9 Å². The second-order valence-electron chi connectivity index (χ2n) is 10.2. The molecule has 1 atom stereocenters. The molecule has 0 heterocycles. The first-order chi connectivity index (χ1) is 18.7. The Balaban J connectivity index is 1.69. The van der Waals surface area contributed by atoms with Crippen LogP contribution in [0.4, 0.5) is 5.69 Å². The zero-order chi connectivity index (χ0) is 28.0. The smallest absolute Gasteiger partial charge is 0.264 e. The number of nitrogens with one attached hydrogen (secondary N) is 1. The molecule has 2 amide bonds. The summed E-state index contributed by atoms with van der Waals surface area (Å²) in [7, 11) is -4.07. The molecule has 1 aliphatic rings. The summed E-state index contributed by atoms with van der Waals surface area (Å²) in [5.74, 6) is -0.674. The lowest BCUT2D eigenvalue weighted by Crippen LogP contribution is -2.52. The van der Waals surface area contributed by atoms with E-state index in [1.54, 1.807) is 37.3 Å². The predicted molar refractivity (Wildman–Crippen MR) is 154 cm³/mol. The molecule has 1 N–H and O–H groups in total. The topological polar surface area (TPSA) is 86.8 Å². The Bertz CT molecular complexity index is 1400. The molecule has 0 aromatic heterocycles. The maximum Gasteiger partial charge on any atom is 0.264 e. The minimum Gasteiger partial charge on any atom is -0.352 e. The van der Waals surface area contributed by atoms with Crippen molar-refractivity contribution in [1.29, 1.82) is 0 Å². The van der Waals surface area contributed by atoms with Gasteiger partial charge in [0, 0.05) is 12.6 Å². The SMILES string of the molecule is Cc1ccccc1CN(C(=O)CN(c1ccccc1C)S(=O)(=O)c1ccccc1)C(C)C(=O)NC1CCCC1. The van der Waals surface area contributed by atoms with Crippen LogP contribution in [-0.4, -0.2) is 43.8 Å². The second kappa shape index (κ2) is 12.5. The van der Waals surface area contributed by atoms with E-state index < -0.39 is 28.5 Å². The van der Waals surface area contributed by atoms with Gasteiger partial charge < -0.3 is 10.2 Å². The molecule has 3 aromatic carbocycles. The van der Waals surface area contributed by atoms with Crippen molar-refractivity contribution in [2.24, 2.45) is 0 Å². The number of carbonyl (C=O) groups excluding carboxylic acids is 2. The fraction of sp³-hybridized carbons (Fsp3) is 0.355. The quantitative estimate of drug-likeness (QED) is 0.388. The van der Waals surface area contributed by atoms with Crippen LogP contribution in [0.3, 0.4) is 0 Å². The summed E-state index contributed by atoms with van der Waals surface area (Å²) in [4.78, 5) is 29.0. The van der Waals surface area contributed by atoms with Gasteiger partial charge in [0.1, 0.15) is 12.6 Å². The normalized spacial score (nSPS) is 14.5. The highest BCUT2D eigenvalue weighted by Crippen LogP contribution is 2.27. The van der Waals surface area contributed by atoms with Crippen LogP contribution >= 0.6 is 0 Å². The fourth-order valence-corrected chi connectivity index (χ4v) is 6.52. The molecule has 1 unspecified atom stereocenters. The molecule has 0 saturated heterocycles. The summed E-state index contributed by atoms with van der Waals surface area (Å²) in [5.41, 5.74) is 3.04. The Morgan fingerprint density at radius 2 is 1.46 bits per heavy atom. The van der Waals surface area contributed by atoms with Crippen LogP contribution in [0.25, 0.3) is 0 Å². The lowest BCUT2D eigenvalue weighted by Gasteiger charge is -2.33. The summed E-state index contributed by atoms with van der Waals surface area (Å²) < 4.78 is 28.9. The van der Waals surface area contributed by atoms with Crippen molar-refractivity contribution in [2.75, 3.05) is 10.8 Å². The minimum atomic E-state index is -4.07. The van der Waals surface area contributed by atoms with Crippen molar-refractivity contribution in [1.82, 2.24) is 10.2 Å². The number of sulfonamides is 1. The molecule has 4 rings (SSSR count). The average molecular weight is 548 g/mol. The van der Waals surface area contributed by atoms with Gasteiger partial charge in [-0.2, -0.15) is 0 Å². The molecule has 3 aromatic rings. The number of aryl methyl sites for hydroxylation is 2. The van der Waals surface area contributed by atoms with E-state index in [1.165, 1.54) is 17.0 Å². The molecular formula is C31H37N3O4S. The molecule has 1 aliphatic carbocycles. The van der Waals surface area contributed by atoms with Crippen LogP contribution in [-0.2, 0) is 26.2 Å². The van der Waals surface area contributed by atoms with E-state index in [9.17, 15) is 18.0 Å². The van der Waals surface area contributed by atoms with Crippen LogP contribution in [0.15, 0.2) is 83.8 Å². The van der Waals surface area contributed by atoms with Gasteiger partial charge in [-0.15, -0.1) is 0 Å². The Morgan fingerprint density at radius 3 is 2.10 bits per heavy atom. The Kier molecular flexibility index (Phi) is 9.07. The van der Waals surface area contributed by atoms with Crippen LogP contribution < -0.4 is 9.62 Å². The largest absolute Gasteiger partial charge is 0.352 e. The van der Waals surface area contributed by atoms with Gasteiger partial charge in [0.15, 0.2) is 0 Å². The number of benzene rings is 3. The lowest BCUT2D eigenvalue weighted by molar-refractivity contribution is -0.139. The number of carbonyl (C=O) groups is 2. The molecule has 39 heavy (non-hydrogen) atoms. The van der Waals surface area contributed by atoms with E-state index >= 15 is 0 Å². The van der Waals surface area contributed by atoms with Crippen LogP contribution in [0, 0.1) is 13.8 Å². The van der Waals surface area contributed by atoms with E-state index in [1.807, 2.05) is 50.2 Å². The summed E-state index contributed by atoms with van der Waals surface area (Å²) in [6, 6.07) is 22.2. The molecule has 0 bridgehead atoms. The van der Waals surface area contributed by atoms with Crippen molar-refractivity contribution < 1.29 is 18.0 Å². The Hall–Kier alpha value is -3.65. The van der Waals surface area contributed by atoms with Gasteiger partial charge in [0.05, 0.1) is 10.6 Å². The standard InChI is InChI=1S/C31H37N3O4S/c1-23-13-7-9-15-26(23)21-33(25(3)31(36)32-27-16-10-11-17-27)30(35)22-34(29-20-12-8-14-24(29)2)39(37,38)28-18-5-4-6-19-28/h4-9,12-15,18-20,25,27H,10-11,16-17,21-22H2,1-3H3,(H,32,36). The monoisotopic (exact) mass is 547 g/mol. The summed E-state index contributed by atoms with van der Waals surface area (Å²) in [6.07, 6.45) is 4.02. The highest BCUT2D eigenvalue weighted by Gasteiger charge is 2.33.